The average Bonchev–Trinajstić information content (AvgIpc) is 3.00. The first-order chi connectivity index (χ1) is 12.3. The van der Waals surface area contributed by atoms with Crippen LogP contribution in [0.4, 0.5) is 0 Å². The molecule has 4 rings (SSSR count). The van der Waals surface area contributed by atoms with Gasteiger partial charge in [0.25, 0.3) is 0 Å². The van der Waals surface area contributed by atoms with Crippen molar-refractivity contribution in [2.75, 3.05) is 0 Å². The Balaban J connectivity index is 1.47. The van der Waals surface area contributed by atoms with Crippen LogP contribution in [0.15, 0.2) is 78.0 Å². The third kappa shape index (κ3) is 3.59. The van der Waals surface area contributed by atoms with Gasteiger partial charge in [-0.2, -0.15) is 0 Å². The van der Waals surface area contributed by atoms with Gasteiger partial charge in [0.1, 0.15) is 5.82 Å². The molecule has 0 radical (unpaired) electrons. The molecule has 0 N–H and O–H groups in total. The van der Waals surface area contributed by atoms with Crippen molar-refractivity contribution in [2.45, 2.75) is 17.3 Å². The Kier molecular flexibility index (Phi) is 4.53. The molecule has 0 saturated heterocycles. The minimum absolute atomic E-state index is 0.806. The minimum Gasteiger partial charge on any atom is -0.309 e. The molecule has 0 amide bonds. The lowest BCUT2D eigenvalue weighted by Crippen LogP contribution is -2.00. The highest BCUT2D eigenvalue weighted by Crippen LogP contribution is 2.24. The van der Waals surface area contributed by atoms with Crippen molar-refractivity contribution in [3.63, 3.8) is 0 Å². The summed E-state index contributed by atoms with van der Waals surface area (Å²) in [4.78, 5) is 0. The Labute approximate surface area is 151 Å². The van der Waals surface area contributed by atoms with Crippen LogP contribution in [-0.4, -0.2) is 14.8 Å². The summed E-state index contributed by atoms with van der Waals surface area (Å²) in [6.45, 7) is 0. The van der Waals surface area contributed by atoms with Crippen molar-refractivity contribution in [2.24, 2.45) is 7.05 Å². The van der Waals surface area contributed by atoms with E-state index in [1.807, 2.05) is 13.1 Å². The summed E-state index contributed by atoms with van der Waals surface area (Å²) in [5.41, 5.74) is 2.56. The van der Waals surface area contributed by atoms with E-state index in [0.29, 0.717) is 0 Å². The zero-order valence-corrected chi connectivity index (χ0v) is 14.9. The second-order valence-corrected chi connectivity index (χ2v) is 7.03. The van der Waals surface area contributed by atoms with Crippen molar-refractivity contribution < 1.29 is 0 Å². The zero-order chi connectivity index (χ0) is 17.1. The molecule has 0 aliphatic carbocycles. The maximum Gasteiger partial charge on any atom is 0.191 e. The maximum absolute atomic E-state index is 4.37. The molecule has 0 aliphatic heterocycles. The van der Waals surface area contributed by atoms with E-state index < -0.39 is 0 Å². The van der Waals surface area contributed by atoms with Crippen LogP contribution in [0.5, 0.6) is 0 Å². The van der Waals surface area contributed by atoms with Gasteiger partial charge in [-0.05, 0) is 21.9 Å². The van der Waals surface area contributed by atoms with Crippen molar-refractivity contribution in [3.05, 3.63) is 89.7 Å². The summed E-state index contributed by atoms with van der Waals surface area (Å²) in [6, 6.07) is 25.5. The predicted molar refractivity (Wildman–Crippen MR) is 104 cm³/mol. The molecule has 1 heterocycles. The number of benzene rings is 3. The van der Waals surface area contributed by atoms with Gasteiger partial charge in [0.05, 0.1) is 0 Å². The molecule has 4 heteroatoms. The molecule has 0 bridgehead atoms. The fourth-order valence-corrected chi connectivity index (χ4v) is 3.75. The van der Waals surface area contributed by atoms with Crippen LogP contribution in [0, 0.1) is 0 Å². The lowest BCUT2D eigenvalue weighted by Gasteiger charge is -2.05. The van der Waals surface area contributed by atoms with Crippen molar-refractivity contribution >= 4 is 22.5 Å². The van der Waals surface area contributed by atoms with E-state index in [-0.39, 0.29) is 0 Å². The van der Waals surface area contributed by atoms with E-state index in [1.165, 1.54) is 21.9 Å². The normalized spacial score (nSPS) is 11.1. The quantitative estimate of drug-likeness (QED) is 0.484. The van der Waals surface area contributed by atoms with Gasteiger partial charge in [0.2, 0.25) is 0 Å². The topological polar surface area (TPSA) is 30.7 Å². The number of hydrogen-bond acceptors (Lipinski definition) is 3. The van der Waals surface area contributed by atoms with Crippen molar-refractivity contribution in [1.29, 1.82) is 0 Å². The number of nitrogens with zero attached hydrogens (tertiary/aromatic N) is 3. The van der Waals surface area contributed by atoms with Crippen LogP contribution in [-0.2, 0) is 19.2 Å². The van der Waals surface area contributed by atoms with E-state index in [1.54, 1.807) is 11.8 Å². The van der Waals surface area contributed by atoms with Crippen LogP contribution in [0.25, 0.3) is 10.8 Å². The molecule has 25 heavy (non-hydrogen) atoms. The summed E-state index contributed by atoms with van der Waals surface area (Å²) in [5, 5.41) is 12.2. The van der Waals surface area contributed by atoms with Gasteiger partial charge in [-0.3, -0.25) is 0 Å². The molecule has 1 aromatic heterocycles. The van der Waals surface area contributed by atoms with Crippen molar-refractivity contribution in [1.82, 2.24) is 14.8 Å². The number of fused-ring (bicyclic) bond motifs is 1. The van der Waals surface area contributed by atoms with E-state index in [4.69, 9.17) is 0 Å². The zero-order valence-electron chi connectivity index (χ0n) is 14.1. The summed E-state index contributed by atoms with van der Waals surface area (Å²) in [7, 11) is 2.04. The molecule has 0 atom stereocenters. The lowest BCUT2D eigenvalue weighted by molar-refractivity contribution is 0.749. The third-order valence-corrected chi connectivity index (χ3v) is 5.40. The minimum atomic E-state index is 0.806. The van der Waals surface area contributed by atoms with E-state index in [2.05, 4.69) is 81.5 Å². The Morgan fingerprint density at radius 3 is 2.40 bits per heavy atom. The fourth-order valence-electron chi connectivity index (χ4n) is 2.88. The SMILES string of the molecule is Cn1c(Cc2ccccc2)nnc1SCc1ccc2ccccc2c1. The van der Waals surface area contributed by atoms with Crippen LogP contribution >= 0.6 is 11.8 Å². The fraction of sp³-hybridized carbons (Fsp3) is 0.143. The summed E-state index contributed by atoms with van der Waals surface area (Å²) < 4.78 is 2.10. The molecule has 124 valence electrons. The summed E-state index contributed by atoms with van der Waals surface area (Å²) in [6.07, 6.45) is 0.806. The maximum atomic E-state index is 4.37. The first-order valence-electron chi connectivity index (χ1n) is 8.32. The Morgan fingerprint density at radius 2 is 1.56 bits per heavy atom. The molecule has 4 aromatic rings. The Morgan fingerprint density at radius 1 is 0.800 bits per heavy atom. The predicted octanol–water partition coefficient (Wildman–Crippen LogP) is 4.85. The Bertz CT molecular complexity index is 992. The molecule has 0 spiro atoms. The Hall–Kier alpha value is -2.59. The number of thioether (sulfide) groups is 1. The van der Waals surface area contributed by atoms with Crippen LogP contribution in [0.2, 0.25) is 0 Å². The van der Waals surface area contributed by atoms with E-state index in [0.717, 1.165) is 23.2 Å². The van der Waals surface area contributed by atoms with Gasteiger partial charge in [0.15, 0.2) is 5.16 Å². The molecule has 0 unspecified atom stereocenters. The van der Waals surface area contributed by atoms with E-state index in [9.17, 15) is 0 Å². The van der Waals surface area contributed by atoms with Gasteiger partial charge in [0, 0.05) is 19.2 Å². The monoisotopic (exact) mass is 345 g/mol. The van der Waals surface area contributed by atoms with Gasteiger partial charge in [-0.15, -0.1) is 10.2 Å². The van der Waals surface area contributed by atoms with Crippen molar-refractivity contribution in [3.8, 4) is 0 Å². The highest BCUT2D eigenvalue weighted by Gasteiger charge is 2.10. The molecular formula is C21H19N3S. The van der Waals surface area contributed by atoms with Crippen LogP contribution in [0.1, 0.15) is 17.0 Å². The van der Waals surface area contributed by atoms with Gasteiger partial charge >= 0.3 is 0 Å². The molecular weight excluding hydrogens is 326 g/mol. The number of aromatic nitrogens is 3. The molecule has 3 aromatic carbocycles. The second kappa shape index (κ2) is 7.11. The van der Waals surface area contributed by atoms with Crippen LogP contribution < -0.4 is 0 Å². The molecule has 0 fully saturated rings. The average molecular weight is 345 g/mol. The van der Waals surface area contributed by atoms with Crippen LogP contribution in [0.3, 0.4) is 0 Å². The summed E-state index contributed by atoms with van der Waals surface area (Å²) >= 11 is 1.73. The molecule has 3 nitrogen and oxygen atoms in total. The van der Waals surface area contributed by atoms with E-state index >= 15 is 0 Å². The summed E-state index contributed by atoms with van der Waals surface area (Å²) in [5.74, 6) is 1.88. The first kappa shape index (κ1) is 15.9. The lowest BCUT2D eigenvalue weighted by atomic mass is 10.1. The molecule has 0 saturated carbocycles. The highest BCUT2D eigenvalue weighted by molar-refractivity contribution is 7.98. The standard InChI is InChI=1S/C21H19N3S/c1-24-20(14-16-7-3-2-4-8-16)22-23-21(24)25-15-17-11-12-18-9-5-6-10-19(18)13-17/h2-13H,14-15H2,1H3. The first-order valence-corrected chi connectivity index (χ1v) is 9.31. The molecule has 0 aliphatic rings. The smallest absolute Gasteiger partial charge is 0.191 e. The second-order valence-electron chi connectivity index (χ2n) is 6.09. The number of rotatable bonds is 5. The van der Waals surface area contributed by atoms with Gasteiger partial charge in [-0.25, -0.2) is 0 Å². The highest BCUT2D eigenvalue weighted by atomic mass is 32.2. The third-order valence-electron chi connectivity index (χ3n) is 4.31. The largest absolute Gasteiger partial charge is 0.309 e. The number of hydrogen-bond donors (Lipinski definition) is 0. The van der Waals surface area contributed by atoms with Gasteiger partial charge < -0.3 is 4.57 Å². The van der Waals surface area contributed by atoms with Gasteiger partial charge in [-0.1, -0.05) is 84.6 Å².